The van der Waals surface area contributed by atoms with Gasteiger partial charge in [-0.15, -0.1) is 0 Å². The first-order valence-corrected chi connectivity index (χ1v) is 11.9. The highest BCUT2D eigenvalue weighted by atomic mass is 16.1. The second-order valence-corrected chi connectivity index (χ2v) is 9.02. The number of aldehydes is 1. The summed E-state index contributed by atoms with van der Waals surface area (Å²) in [4.78, 5) is 27.0. The van der Waals surface area contributed by atoms with Crippen molar-refractivity contribution < 1.29 is 4.79 Å². The molecule has 3 rings (SSSR count). The fraction of sp³-hybridized carbons (Fsp3) is 0.393. The van der Waals surface area contributed by atoms with Gasteiger partial charge < -0.3 is 9.80 Å². The average Bonchev–Trinajstić information content (AvgIpc) is 2.83. The molecular weight excluding hydrogens is 422 g/mol. The van der Waals surface area contributed by atoms with Crippen LogP contribution in [0.4, 0.5) is 5.82 Å². The molecule has 6 nitrogen and oxygen atoms in total. The number of hydrogen-bond donors (Lipinski definition) is 0. The van der Waals surface area contributed by atoms with Gasteiger partial charge in [-0.05, 0) is 80.9 Å². The van der Waals surface area contributed by atoms with Crippen molar-refractivity contribution in [3.05, 3.63) is 70.9 Å². The Kier molecular flexibility index (Phi) is 9.31. The summed E-state index contributed by atoms with van der Waals surface area (Å²) in [5.41, 5.74) is 5.73. The third-order valence-electron chi connectivity index (χ3n) is 6.08. The van der Waals surface area contributed by atoms with Gasteiger partial charge in [-0.3, -0.25) is 14.7 Å². The number of anilines is 1. The standard InChI is InChI=1S/C28H37N5O/c1-6-26(27-11-7-9-25(18-27)21-31(4)5)20-29-23(3)32-12-14-33(15-13-32)28-22(2)17-24(19-30-28)10-8-16-34/h6-11,16-20,23H,12-15,21H2,1-5H3/b10-8+,26-6+,29-20-. The molecule has 1 aromatic heterocycles. The molecule has 0 saturated carbocycles. The van der Waals surface area contributed by atoms with Gasteiger partial charge in [0.25, 0.3) is 0 Å². The number of benzene rings is 1. The highest BCUT2D eigenvalue weighted by Gasteiger charge is 2.22. The van der Waals surface area contributed by atoms with Crippen LogP contribution < -0.4 is 4.90 Å². The highest BCUT2D eigenvalue weighted by molar-refractivity contribution is 6.09. The molecule has 0 amide bonds. The highest BCUT2D eigenvalue weighted by Crippen LogP contribution is 2.21. The minimum absolute atomic E-state index is 0.118. The monoisotopic (exact) mass is 459 g/mol. The zero-order valence-corrected chi connectivity index (χ0v) is 21.1. The number of aliphatic imine (C=N–C) groups is 1. The quantitative estimate of drug-likeness (QED) is 0.318. The summed E-state index contributed by atoms with van der Waals surface area (Å²) in [6, 6.07) is 10.8. The molecular formula is C28H37N5O. The second kappa shape index (κ2) is 12.4. The van der Waals surface area contributed by atoms with Crippen molar-refractivity contribution in [3.8, 4) is 0 Å². The number of aromatic nitrogens is 1. The number of hydrogen-bond acceptors (Lipinski definition) is 6. The Morgan fingerprint density at radius 2 is 1.97 bits per heavy atom. The van der Waals surface area contributed by atoms with E-state index in [1.165, 1.54) is 17.2 Å². The maximum atomic E-state index is 10.5. The summed E-state index contributed by atoms with van der Waals surface area (Å²) in [6.45, 7) is 11.0. The van der Waals surface area contributed by atoms with Gasteiger partial charge in [0.15, 0.2) is 0 Å². The lowest BCUT2D eigenvalue weighted by molar-refractivity contribution is -0.104. The third kappa shape index (κ3) is 6.95. The Hall–Kier alpha value is -3.09. The van der Waals surface area contributed by atoms with Crippen molar-refractivity contribution in [3.63, 3.8) is 0 Å². The first-order chi connectivity index (χ1) is 16.4. The van der Waals surface area contributed by atoms with Gasteiger partial charge in [0.05, 0.1) is 6.17 Å². The number of aryl methyl sites for hydroxylation is 1. The molecule has 2 aromatic rings. The molecule has 0 aliphatic carbocycles. The molecule has 1 unspecified atom stereocenters. The summed E-state index contributed by atoms with van der Waals surface area (Å²) in [6.07, 6.45) is 10.2. The van der Waals surface area contributed by atoms with Gasteiger partial charge >= 0.3 is 0 Å². The number of piperazine rings is 1. The van der Waals surface area contributed by atoms with Gasteiger partial charge in [-0.2, -0.15) is 0 Å². The SMILES string of the molecule is C/C=C(\C=N/C(C)N1CCN(c2ncc(/C=C/C=O)cc2C)CC1)c1cccc(CN(C)C)c1. The maximum Gasteiger partial charge on any atom is 0.142 e. The first-order valence-electron chi connectivity index (χ1n) is 11.9. The molecule has 180 valence electrons. The molecule has 1 aliphatic rings. The molecule has 1 aromatic carbocycles. The number of nitrogens with zero attached hydrogens (tertiary/aromatic N) is 5. The van der Waals surface area contributed by atoms with E-state index < -0.39 is 0 Å². The Morgan fingerprint density at radius 3 is 2.62 bits per heavy atom. The lowest BCUT2D eigenvalue weighted by Crippen LogP contribution is -2.49. The van der Waals surface area contributed by atoms with Crippen LogP contribution >= 0.6 is 0 Å². The van der Waals surface area contributed by atoms with Gasteiger partial charge in [0.2, 0.25) is 0 Å². The predicted molar refractivity (Wildman–Crippen MR) is 143 cm³/mol. The number of carbonyl (C=O) groups is 1. The zero-order valence-electron chi connectivity index (χ0n) is 21.1. The van der Waals surface area contributed by atoms with E-state index >= 15 is 0 Å². The summed E-state index contributed by atoms with van der Waals surface area (Å²) in [5.74, 6) is 1.02. The number of pyridine rings is 1. The smallest absolute Gasteiger partial charge is 0.142 e. The summed E-state index contributed by atoms with van der Waals surface area (Å²) in [5, 5.41) is 0. The molecule has 1 atom stereocenters. The molecule has 34 heavy (non-hydrogen) atoms. The summed E-state index contributed by atoms with van der Waals surface area (Å²) >= 11 is 0. The van der Waals surface area contributed by atoms with Gasteiger partial charge in [0, 0.05) is 45.1 Å². The van der Waals surface area contributed by atoms with Gasteiger partial charge in [0.1, 0.15) is 12.1 Å². The summed E-state index contributed by atoms with van der Waals surface area (Å²) in [7, 11) is 4.18. The van der Waals surface area contributed by atoms with Crippen LogP contribution in [0.3, 0.4) is 0 Å². The fourth-order valence-corrected chi connectivity index (χ4v) is 4.28. The Morgan fingerprint density at radius 1 is 1.21 bits per heavy atom. The van der Waals surface area contributed by atoms with Gasteiger partial charge in [-0.25, -0.2) is 4.98 Å². The number of carbonyl (C=O) groups excluding carboxylic acids is 1. The zero-order chi connectivity index (χ0) is 24.5. The Bertz CT molecular complexity index is 1050. The lowest BCUT2D eigenvalue weighted by Gasteiger charge is -2.37. The minimum atomic E-state index is 0.118. The van der Waals surface area contributed by atoms with E-state index in [1.807, 2.05) is 12.4 Å². The van der Waals surface area contributed by atoms with Crippen molar-refractivity contribution in [1.29, 1.82) is 0 Å². The first kappa shape index (κ1) is 25.5. The molecule has 1 aliphatic heterocycles. The van der Waals surface area contributed by atoms with Crippen LogP contribution in [0.1, 0.15) is 36.1 Å². The molecule has 6 heteroatoms. The largest absolute Gasteiger partial charge is 0.354 e. The molecule has 0 N–H and O–H groups in total. The van der Waals surface area contributed by atoms with E-state index in [2.05, 4.69) is 91.0 Å². The van der Waals surface area contributed by atoms with Crippen molar-refractivity contribution in [1.82, 2.24) is 14.8 Å². The summed E-state index contributed by atoms with van der Waals surface area (Å²) < 4.78 is 0. The molecule has 1 saturated heterocycles. The van der Waals surface area contributed by atoms with E-state index in [-0.39, 0.29) is 6.17 Å². The van der Waals surface area contributed by atoms with Gasteiger partial charge in [-0.1, -0.05) is 30.4 Å². The van der Waals surface area contributed by atoms with Crippen LogP contribution in [-0.2, 0) is 11.3 Å². The van der Waals surface area contributed by atoms with Crippen LogP contribution in [-0.4, -0.2) is 73.7 Å². The topological polar surface area (TPSA) is 52.0 Å². The van der Waals surface area contributed by atoms with Crippen LogP contribution in [0.2, 0.25) is 0 Å². The van der Waals surface area contributed by atoms with Crippen LogP contribution in [0.5, 0.6) is 0 Å². The Balaban J connectivity index is 1.59. The lowest BCUT2D eigenvalue weighted by atomic mass is 10.0. The molecule has 1 fully saturated rings. The van der Waals surface area contributed by atoms with E-state index in [0.717, 1.165) is 61.5 Å². The molecule has 2 heterocycles. The molecule has 0 bridgehead atoms. The molecule has 0 spiro atoms. The van der Waals surface area contributed by atoms with E-state index in [4.69, 9.17) is 4.99 Å². The van der Waals surface area contributed by atoms with E-state index in [9.17, 15) is 4.79 Å². The van der Waals surface area contributed by atoms with E-state index in [0.29, 0.717) is 0 Å². The molecule has 0 radical (unpaired) electrons. The fourth-order valence-electron chi connectivity index (χ4n) is 4.28. The van der Waals surface area contributed by atoms with E-state index in [1.54, 1.807) is 6.08 Å². The Labute approximate surface area is 204 Å². The maximum absolute atomic E-state index is 10.5. The average molecular weight is 460 g/mol. The predicted octanol–water partition coefficient (Wildman–Crippen LogP) is 4.31. The van der Waals surface area contributed by atoms with Crippen LogP contribution in [0.15, 0.2) is 53.7 Å². The van der Waals surface area contributed by atoms with Crippen LogP contribution in [0.25, 0.3) is 11.6 Å². The normalized spacial score (nSPS) is 16.6. The van der Waals surface area contributed by atoms with Crippen molar-refractivity contribution in [2.45, 2.75) is 33.5 Å². The van der Waals surface area contributed by atoms with Crippen molar-refractivity contribution in [2.75, 3.05) is 45.2 Å². The van der Waals surface area contributed by atoms with Crippen molar-refractivity contribution in [2.24, 2.45) is 4.99 Å². The number of allylic oxidation sites excluding steroid dienone is 3. The number of rotatable bonds is 9. The second-order valence-electron chi connectivity index (χ2n) is 9.02. The minimum Gasteiger partial charge on any atom is -0.354 e. The van der Waals surface area contributed by atoms with Crippen LogP contribution in [0, 0.1) is 6.92 Å². The van der Waals surface area contributed by atoms with Crippen molar-refractivity contribution >= 4 is 30.0 Å². The third-order valence-corrected chi connectivity index (χ3v) is 6.08.